The van der Waals surface area contributed by atoms with Crippen LogP contribution in [0.2, 0.25) is 0 Å². The molecule has 0 N–H and O–H groups in total. The van der Waals surface area contributed by atoms with Gasteiger partial charge in [-0.15, -0.1) is 0 Å². The highest BCUT2D eigenvalue weighted by atomic mass is 19.4. The number of hydrogen-bond donors (Lipinski definition) is 0. The molecule has 0 aliphatic rings. The Bertz CT molecular complexity index is 488. The average molecular weight is 227 g/mol. The second kappa shape index (κ2) is 3.66. The van der Waals surface area contributed by atoms with Crippen LogP contribution in [-0.2, 0) is 6.18 Å². The van der Waals surface area contributed by atoms with Gasteiger partial charge in [0, 0.05) is 11.1 Å². The van der Waals surface area contributed by atoms with E-state index in [-0.39, 0.29) is 11.3 Å². The first kappa shape index (κ1) is 10.7. The normalized spacial score (nSPS) is 11.8. The van der Waals surface area contributed by atoms with Crippen molar-refractivity contribution in [2.24, 2.45) is 0 Å². The molecule has 16 heavy (non-hydrogen) atoms. The van der Waals surface area contributed by atoms with E-state index in [2.05, 4.69) is 9.68 Å². The first-order valence-electron chi connectivity index (χ1n) is 4.59. The molecule has 1 heterocycles. The molecule has 5 heteroatoms. The van der Waals surface area contributed by atoms with Gasteiger partial charge in [0.1, 0.15) is 5.69 Å². The summed E-state index contributed by atoms with van der Waals surface area (Å²) in [6.45, 7) is 1.35. The Morgan fingerprint density at radius 2 is 1.75 bits per heavy atom. The zero-order valence-corrected chi connectivity index (χ0v) is 8.38. The predicted molar refractivity (Wildman–Crippen MR) is 51.7 cm³/mol. The molecule has 0 aliphatic heterocycles. The molecule has 0 fully saturated rings. The molecule has 0 saturated carbocycles. The van der Waals surface area contributed by atoms with Crippen LogP contribution in [0.3, 0.4) is 0 Å². The van der Waals surface area contributed by atoms with Crippen LogP contribution in [0.5, 0.6) is 0 Å². The molecule has 2 nitrogen and oxygen atoms in total. The lowest BCUT2D eigenvalue weighted by atomic mass is 10.1. The van der Waals surface area contributed by atoms with Gasteiger partial charge in [-0.25, -0.2) is 0 Å². The molecule has 0 aliphatic carbocycles. The molecule has 1 aromatic carbocycles. The highest BCUT2D eigenvalue weighted by Gasteiger charge is 2.39. The maximum atomic E-state index is 12.4. The summed E-state index contributed by atoms with van der Waals surface area (Å²) in [5.74, 6) is -1.04. The minimum atomic E-state index is -4.50. The summed E-state index contributed by atoms with van der Waals surface area (Å²) in [5.41, 5.74) is 0.853. The molecule has 2 aromatic rings. The summed E-state index contributed by atoms with van der Waals surface area (Å²) in [6, 6.07) is 8.62. The molecule has 0 bridgehead atoms. The Labute approximate surface area is 89.7 Å². The van der Waals surface area contributed by atoms with Crippen LogP contribution in [0.1, 0.15) is 11.3 Å². The van der Waals surface area contributed by atoms with Gasteiger partial charge < -0.3 is 4.52 Å². The third kappa shape index (κ3) is 1.80. The number of nitrogens with zero attached hydrogens (tertiary/aromatic N) is 1. The van der Waals surface area contributed by atoms with Crippen LogP contribution in [0.25, 0.3) is 11.3 Å². The van der Waals surface area contributed by atoms with E-state index in [0.717, 1.165) is 0 Å². The van der Waals surface area contributed by atoms with Crippen LogP contribution in [-0.4, -0.2) is 5.16 Å². The molecule has 0 spiro atoms. The smallest absolute Gasteiger partial charge is 0.351 e. The van der Waals surface area contributed by atoms with Crippen LogP contribution in [0, 0.1) is 6.92 Å². The van der Waals surface area contributed by atoms with Crippen molar-refractivity contribution in [1.82, 2.24) is 5.16 Å². The van der Waals surface area contributed by atoms with Gasteiger partial charge in [-0.3, -0.25) is 0 Å². The SMILES string of the molecule is Cc1c(-c2ccccc2)noc1C(F)(F)F. The maximum Gasteiger partial charge on any atom is 0.452 e. The lowest BCUT2D eigenvalue weighted by Crippen LogP contribution is -2.04. The topological polar surface area (TPSA) is 26.0 Å². The van der Waals surface area contributed by atoms with Gasteiger partial charge in [0.15, 0.2) is 0 Å². The Morgan fingerprint density at radius 1 is 1.12 bits per heavy atom. The third-order valence-corrected chi connectivity index (χ3v) is 2.23. The summed E-state index contributed by atoms with van der Waals surface area (Å²) in [4.78, 5) is 0. The number of hydrogen-bond acceptors (Lipinski definition) is 2. The quantitative estimate of drug-likeness (QED) is 0.742. The van der Waals surface area contributed by atoms with Crippen LogP contribution >= 0.6 is 0 Å². The predicted octanol–water partition coefficient (Wildman–Crippen LogP) is 3.67. The van der Waals surface area contributed by atoms with Crippen LogP contribution < -0.4 is 0 Å². The molecule has 84 valence electrons. The maximum absolute atomic E-state index is 12.4. The number of aromatic nitrogens is 1. The fraction of sp³-hybridized carbons (Fsp3) is 0.182. The van der Waals surface area contributed by atoms with E-state index < -0.39 is 11.9 Å². The summed E-state index contributed by atoms with van der Waals surface area (Å²) in [7, 11) is 0. The van der Waals surface area contributed by atoms with Crippen molar-refractivity contribution in [3.63, 3.8) is 0 Å². The first-order valence-corrected chi connectivity index (χ1v) is 4.59. The largest absolute Gasteiger partial charge is 0.452 e. The molecule has 0 saturated heterocycles. The van der Waals surface area contributed by atoms with Crippen LogP contribution in [0.15, 0.2) is 34.9 Å². The average Bonchev–Trinajstić information content (AvgIpc) is 2.61. The summed E-state index contributed by atoms with van der Waals surface area (Å²) in [6.07, 6.45) is -4.50. The van der Waals surface area contributed by atoms with Gasteiger partial charge in [-0.1, -0.05) is 35.5 Å². The zero-order chi connectivity index (χ0) is 11.8. The van der Waals surface area contributed by atoms with Crippen molar-refractivity contribution in [3.8, 4) is 11.3 Å². The minimum absolute atomic E-state index is 0.0127. The van der Waals surface area contributed by atoms with E-state index in [1.807, 2.05) is 0 Å². The highest BCUT2D eigenvalue weighted by Crippen LogP contribution is 2.35. The van der Waals surface area contributed by atoms with Gasteiger partial charge in [0.25, 0.3) is 0 Å². The zero-order valence-electron chi connectivity index (χ0n) is 8.38. The molecule has 0 atom stereocenters. The number of halogens is 3. The van der Waals surface area contributed by atoms with Crippen molar-refractivity contribution < 1.29 is 17.7 Å². The molecule has 1 aromatic heterocycles. The van der Waals surface area contributed by atoms with E-state index in [1.165, 1.54) is 6.92 Å². The Morgan fingerprint density at radius 3 is 2.25 bits per heavy atom. The standard InChI is InChI=1S/C11H8F3NO/c1-7-9(8-5-3-2-4-6-8)15-16-10(7)11(12,13)14/h2-6H,1H3. The van der Waals surface area contributed by atoms with Crippen molar-refractivity contribution in [2.45, 2.75) is 13.1 Å². The van der Waals surface area contributed by atoms with Gasteiger partial charge in [0.05, 0.1) is 0 Å². The summed E-state index contributed by atoms with van der Waals surface area (Å²) < 4.78 is 41.7. The lowest BCUT2D eigenvalue weighted by Gasteiger charge is -2.01. The van der Waals surface area contributed by atoms with E-state index in [9.17, 15) is 13.2 Å². The molecule has 0 amide bonds. The Balaban J connectivity index is 2.50. The Kier molecular flexibility index (Phi) is 2.46. The summed E-state index contributed by atoms with van der Waals surface area (Å²) in [5, 5.41) is 3.46. The highest BCUT2D eigenvalue weighted by molar-refractivity contribution is 5.62. The molecular formula is C11H8F3NO. The van der Waals surface area contributed by atoms with Crippen LogP contribution in [0.4, 0.5) is 13.2 Å². The number of alkyl halides is 3. The molecule has 0 unspecified atom stereocenters. The Hall–Kier alpha value is -1.78. The van der Waals surface area contributed by atoms with Gasteiger partial charge in [0.2, 0.25) is 5.76 Å². The second-order valence-electron chi connectivity index (χ2n) is 3.35. The van der Waals surface area contributed by atoms with E-state index in [0.29, 0.717) is 5.56 Å². The molecular weight excluding hydrogens is 219 g/mol. The fourth-order valence-corrected chi connectivity index (χ4v) is 1.47. The van der Waals surface area contributed by atoms with E-state index >= 15 is 0 Å². The first-order chi connectivity index (χ1) is 7.50. The van der Waals surface area contributed by atoms with Gasteiger partial charge in [-0.05, 0) is 6.92 Å². The minimum Gasteiger partial charge on any atom is -0.351 e. The molecule has 2 rings (SSSR count). The van der Waals surface area contributed by atoms with Crippen molar-refractivity contribution in [3.05, 3.63) is 41.7 Å². The number of benzene rings is 1. The van der Waals surface area contributed by atoms with Crippen molar-refractivity contribution >= 4 is 0 Å². The fourth-order valence-electron chi connectivity index (χ4n) is 1.47. The van der Waals surface area contributed by atoms with E-state index in [4.69, 9.17) is 0 Å². The van der Waals surface area contributed by atoms with Gasteiger partial charge in [-0.2, -0.15) is 13.2 Å². The third-order valence-electron chi connectivity index (χ3n) is 2.23. The monoisotopic (exact) mass is 227 g/mol. The second-order valence-corrected chi connectivity index (χ2v) is 3.35. The molecule has 0 radical (unpaired) electrons. The lowest BCUT2D eigenvalue weighted by molar-refractivity contribution is -0.156. The summed E-state index contributed by atoms with van der Waals surface area (Å²) >= 11 is 0. The van der Waals surface area contributed by atoms with Crippen molar-refractivity contribution in [2.75, 3.05) is 0 Å². The van der Waals surface area contributed by atoms with E-state index in [1.54, 1.807) is 30.3 Å². The van der Waals surface area contributed by atoms with Gasteiger partial charge >= 0.3 is 6.18 Å². The number of rotatable bonds is 1. The van der Waals surface area contributed by atoms with Crippen molar-refractivity contribution in [1.29, 1.82) is 0 Å².